The van der Waals surface area contributed by atoms with Crippen molar-refractivity contribution in [1.82, 2.24) is 19.6 Å². The number of halogens is 4. The molecule has 0 saturated carbocycles. The lowest BCUT2D eigenvalue weighted by Crippen LogP contribution is -2.22. The molecule has 0 saturated heterocycles. The number of rotatable bonds is 3. The number of nitrogens with zero attached hydrogens (tertiary/aromatic N) is 4. The summed E-state index contributed by atoms with van der Waals surface area (Å²) in [5.74, 6) is -0.280. The molecule has 0 aromatic carbocycles. The van der Waals surface area contributed by atoms with Gasteiger partial charge in [0.2, 0.25) is 0 Å². The topological polar surface area (TPSA) is 84.2 Å². The van der Waals surface area contributed by atoms with E-state index < -0.39 is 17.8 Å². The van der Waals surface area contributed by atoms with Gasteiger partial charge in [-0.3, -0.25) is 5.32 Å². The number of amides is 2. The molecule has 0 bridgehead atoms. The standard InChI is InChI=1S/C16H14ClF3N6O/c1-8(2)14-10(7-22-13-6-11(17)25-26(13)14)23-15(27)24-12-5-9(3-4-21-12)16(18,19)20/h3-8H,1-2H3,(H2,21,23,24,27). The lowest BCUT2D eigenvalue weighted by molar-refractivity contribution is -0.137. The molecule has 11 heteroatoms. The Kier molecular flexibility index (Phi) is 4.92. The summed E-state index contributed by atoms with van der Waals surface area (Å²) < 4.78 is 39.8. The average molecular weight is 399 g/mol. The van der Waals surface area contributed by atoms with E-state index in [1.165, 1.54) is 10.7 Å². The van der Waals surface area contributed by atoms with Crippen molar-refractivity contribution in [3.8, 4) is 0 Å². The number of urea groups is 1. The van der Waals surface area contributed by atoms with Crippen molar-refractivity contribution in [2.75, 3.05) is 10.6 Å². The third kappa shape index (κ3) is 4.11. The van der Waals surface area contributed by atoms with Crippen LogP contribution in [0.5, 0.6) is 0 Å². The molecule has 0 radical (unpaired) electrons. The van der Waals surface area contributed by atoms with Crippen LogP contribution in [-0.2, 0) is 6.18 Å². The summed E-state index contributed by atoms with van der Waals surface area (Å²) in [4.78, 5) is 20.1. The molecule has 0 aliphatic carbocycles. The highest BCUT2D eigenvalue weighted by Gasteiger charge is 2.30. The van der Waals surface area contributed by atoms with Gasteiger partial charge in [-0.05, 0) is 18.1 Å². The molecule has 2 N–H and O–H groups in total. The molecule has 0 atom stereocenters. The Hall–Kier alpha value is -2.88. The highest BCUT2D eigenvalue weighted by atomic mass is 35.5. The van der Waals surface area contributed by atoms with Crippen molar-refractivity contribution in [3.05, 3.63) is 47.0 Å². The minimum Gasteiger partial charge on any atom is -0.305 e. The van der Waals surface area contributed by atoms with E-state index in [1.54, 1.807) is 6.07 Å². The maximum Gasteiger partial charge on any atom is 0.416 e. The van der Waals surface area contributed by atoms with Crippen molar-refractivity contribution in [2.24, 2.45) is 0 Å². The molecule has 3 aromatic heterocycles. The van der Waals surface area contributed by atoms with Gasteiger partial charge >= 0.3 is 12.2 Å². The molecule has 142 valence electrons. The lowest BCUT2D eigenvalue weighted by atomic mass is 10.1. The Morgan fingerprint density at radius 1 is 1.22 bits per heavy atom. The fourth-order valence-corrected chi connectivity index (χ4v) is 2.69. The van der Waals surface area contributed by atoms with Crippen LogP contribution in [0.15, 0.2) is 30.6 Å². The number of pyridine rings is 1. The van der Waals surface area contributed by atoms with Crippen LogP contribution < -0.4 is 10.6 Å². The molecule has 3 rings (SSSR count). The molecule has 2 amide bonds. The van der Waals surface area contributed by atoms with Crippen molar-refractivity contribution in [2.45, 2.75) is 25.9 Å². The molecule has 0 unspecified atom stereocenters. The number of fused-ring (bicyclic) bond motifs is 1. The van der Waals surface area contributed by atoms with Gasteiger partial charge in [0.05, 0.1) is 23.1 Å². The van der Waals surface area contributed by atoms with E-state index in [1.807, 2.05) is 13.8 Å². The number of aromatic nitrogens is 4. The van der Waals surface area contributed by atoms with Gasteiger partial charge in [-0.25, -0.2) is 19.3 Å². The average Bonchev–Trinajstić information content (AvgIpc) is 2.93. The molecule has 0 spiro atoms. The second-order valence-corrected chi connectivity index (χ2v) is 6.34. The first kappa shape index (κ1) is 18.9. The Bertz CT molecular complexity index is 1000. The Morgan fingerprint density at radius 2 is 1.96 bits per heavy atom. The van der Waals surface area contributed by atoms with Crippen LogP contribution >= 0.6 is 11.6 Å². The number of alkyl halides is 3. The Morgan fingerprint density at radius 3 is 2.63 bits per heavy atom. The predicted octanol–water partition coefficient (Wildman–Crippen LogP) is 4.56. The van der Waals surface area contributed by atoms with Gasteiger partial charge < -0.3 is 5.32 Å². The summed E-state index contributed by atoms with van der Waals surface area (Å²) in [6.45, 7) is 3.78. The van der Waals surface area contributed by atoms with Gasteiger partial charge in [0.15, 0.2) is 10.8 Å². The minimum atomic E-state index is -4.53. The number of nitrogens with one attached hydrogen (secondary N) is 2. The number of hydrogen-bond donors (Lipinski definition) is 2. The molecule has 3 aromatic rings. The molecule has 3 heterocycles. The van der Waals surface area contributed by atoms with E-state index in [4.69, 9.17) is 11.6 Å². The zero-order chi connectivity index (χ0) is 19.8. The first-order valence-electron chi connectivity index (χ1n) is 7.80. The van der Waals surface area contributed by atoms with Gasteiger partial charge in [0.25, 0.3) is 0 Å². The third-order valence-electron chi connectivity index (χ3n) is 3.61. The van der Waals surface area contributed by atoms with E-state index in [2.05, 4.69) is 25.7 Å². The second kappa shape index (κ2) is 7.03. The molecule has 0 fully saturated rings. The summed E-state index contributed by atoms with van der Waals surface area (Å²) in [6, 6.07) is 2.38. The number of carbonyl (C=O) groups is 1. The lowest BCUT2D eigenvalue weighted by Gasteiger charge is -2.15. The van der Waals surface area contributed by atoms with Crippen LogP contribution in [0.2, 0.25) is 5.15 Å². The zero-order valence-corrected chi connectivity index (χ0v) is 14.9. The third-order valence-corrected chi connectivity index (χ3v) is 3.80. The summed E-state index contributed by atoms with van der Waals surface area (Å²) in [7, 11) is 0. The van der Waals surface area contributed by atoms with Crippen LogP contribution in [0.25, 0.3) is 5.65 Å². The second-order valence-electron chi connectivity index (χ2n) is 5.96. The summed E-state index contributed by atoms with van der Waals surface area (Å²) in [5.41, 5.74) is 0.583. The summed E-state index contributed by atoms with van der Waals surface area (Å²) >= 11 is 5.90. The van der Waals surface area contributed by atoms with Gasteiger partial charge in [-0.15, -0.1) is 0 Å². The monoisotopic (exact) mass is 398 g/mol. The number of carbonyl (C=O) groups excluding carboxylic acids is 1. The van der Waals surface area contributed by atoms with Crippen LogP contribution in [0.4, 0.5) is 29.5 Å². The van der Waals surface area contributed by atoms with Gasteiger partial charge in [-0.1, -0.05) is 25.4 Å². The molecule has 0 aliphatic rings. The smallest absolute Gasteiger partial charge is 0.305 e. The van der Waals surface area contributed by atoms with Crippen molar-refractivity contribution in [1.29, 1.82) is 0 Å². The van der Waals surface area contributed by atoms with Crippen LogP contribution in [0, 0.1) is 0 Å². The van der Waals surface area contributed by atoms with Crippen LogP contribution in [-0.4, -0.2) is 25.6 Å². The number of anilines is 2. The quantitative estimate of drug-likeness (QED) is 0.677. The largest absolute Gasteiger partial charge is 0.416 e. The minimum absolute atomic E-state index is 0.0477. The van der Waals surface area contributed by atoms with E-state index in [-0.39, 0.29) is 16.9 Å². The maximum atomic E-state index is 12.8. The first-order chi connectivity index (χ1) is 12.6. The molecule has 0 aliphatic heterocycles. The van der Waals surface area contributed by atoms with Crippen molar-refractivity contribution in [3.63, 3.8) is 0 Å². The predicted molar refractivity (Wildman–Crippen MR) is 94.0 cm³/mol. The molecule has 7 nitrogen and oxygen atoms in total. The SMILES string of the molecule is CC(C)c1c(NC(=O)Nc2cc(C(F)(F)F)ccn2)cnc2cc(Cl)nn12. The number of hydrogen-bond acceptors (Lipinski definition) is 4. The fourth-order valence-electron chi connectivity index (χ4n) is 2.52. The van der Waals surface area contributed by atoms with E-state index in [9.17, 15) is 18.0 Å². The van der Waals surface area contributed by atoms with Crippen LogP contribution in [0.3, 0.4) is 0 Å². The Labute approximate surface area is 156 Å². The van der Waals surface area contributed by atoms with Crippen molar-refractivity contribution >= 4 is 34.8 Å². The molecule has 27 heavy (non-hydrogen) atoms. The summed E-state index contributed by atoms with van der Waals surface area (Å²) in [6.07, 6.45) is -2.13. The zero-order valence-electron chi connectivity index (χ0n) is 14.2. The van der Waals surface area contributed by atoms with Gasteiger partial charge in [0, 0.05) is 12.3 Å². The van der Waals surface area contributed by atoms with E-state index in [0.717, 1.165) is 18.3 Å². The maximum absolute atomic E-state index is 12.8. The van der Waals surface area contributed by atoms with E-state index >= 15 is 0 Å². The summed E-state index contributed by atoms with van der Waals surface area (Å²) in [5, 5.41) is 9.22. The van der Waals surface area contributed by atoms with E-state index in [0.29, 0.717) is 17.0 Å². The van der Waals surface area contributed by atoms with Crippen molar-refractivity contribution < 1.29 is 18.0 Å². The Balaban J connectivity index is 1.85. The van der Waals surface area contributed by atoms with Gasteiger partial charge in [-0.2, -0.15) is 18.3 Å². The highest BCUT2D eigenvalue weighted by molar-refractivity contribution is 6.29. The fraction of sp³-hybridized carbons (Fsp3) is 0.250. The molecular formula is C16H14ClF3N6O. The first-order valence-corrected chi connectivity index (χ1v) is 8.18. The van der Waals surface area contributed by atoms with Gasteiger partial charge in [0.1, 0.15) is 5.82 Å². The highest BCUT2D eigenvalue weighted by Crippen LogP contribution is 2.30. The van der Waals surface area contributed by atoms with Crippen LogP contribution in [0.1, 0.15) is 31.0 Å². The normalized spacial score (nSPS) is 11.8. The molecular weight excluding hydrogens is 385 g/mol.